The number of amides is 1. The molecule has 0 spiro atoms. The molecular formula is C14H24N2O2. The van der Waals surface area contributed by atoms with Gasteiger partial charge < -0.3 is 9.73 Å². The molecule has 0 saturated carbocycles. The maximum atomic E-state index is 11.7. The van der Waals surface area contributed by atoms with Crippen molar-refractivity contribution in [1.82, 2.24) is 10.2 Å². The number of nitrogens with zero attached hydrogens (tertiary/aromatic N) is 1. The van der Waals surface area contributed by atoms with Crippen LogP contribution in [0, 0.1) is 0 Å². The van der Waals surface area contributed by atoms with Crippen molar-refractivity contribution >= 4 is 5.91 Å². The minimum atomic E-state index is 0.0927. The minimum absolute atomic E-state index is 0.0927. The SMILES string of the molecule is CCCCCC(=O)NCC(c1ccco1)N(C)C. The van der Waals surface area contributed by atoms with Crippen LogP contribution in [0.4, 0.5) is 0 Å². The van der Waals surface area contributed by atoms with Gasteiger partial charge in [0.2, 0.25) is 5.91 Å². The molecule has 0 aliphatic rings. The lowest BCUT2D eigenvalue weighted by Crippen LogP contribution is -2.34. The van der Waals surface area contributed by atoms with Crippen molar-refractivity contribution in [3.05, 3.63) is 24.2 Å². The van der Waals surface area contributed by atoms with Gasteiger partial charge in [-0.1, -0.05) is 19.8 Å². The molecular weight excluding hydrogens is 228 g/mol. The van der Waals surface area contributed by atoms with Crippen molar-refractivity contribution in [3.8, 4) is 0 Å². The first-order valence-electron chi connectivity index (χ1n) is 6.61. The maximum absolute atomic E-state index is 11.7. The lowest BCUT2D eigenvalue weighted by Gasteiger charge is -2.22. The van der Waals surface area contributed by atoms with Crippen LogP contribution >= 0.6 is 0 Å². The van der Waals surface area contributed by atoms with E-state index in [2.05, 4.69) is 12.2 Å². The molecule has 0 aliphatic carbocycles. The Morgan fingerprint density at radius 2 is 2.22 bits per heavy atom. The Morgan fingerprint density at radius 1 is 1.44 bits per heavy atom. The molecule has 0 bridgehead atoms. The largest absolute Gasteiger partial charge is 0.468 e. The fourth-order valence-corrected chi connectivity index (χ4v) is 1.85. The molecule has 102 valence electrons. The summed E-state index contributed by atoms with van der Waals surface area (Å²) >= 11 is 0. The molecule has 1 atom stereocenters. The summed E-state index contributed by atoms with van der Waals surface area (Å²) in [5, 5.41) is 2.97. The Kier molecular flexibility index (Phi) is 6.50. The van der Waals surface area contributed by atoms with Gasteiger partial charge in [-0.05, 0) is 32.6 Å². The highest BCUT2D eigenvalue weighted by molar-refractivity contribution is 5.75. The third-order valence-electron chi connectivity index (χ3n) is 2.99. The van der Waals surface area contributed by atoms with Crippen LogP contribution in [0.2, 0.25) is 0 Å². The fourth-order valence-electron chi connectivity index (χ4n) is 1.85. The van der Waals surface area contributed by atoms with Crippen molar-refractivity contribution in [2.75, 3.05) is 20.6 Å². The monoisotopic (exact) mass is 252 g/mol. The first kappa shape index (κ1) is 14.8. The van der Waals surface area contributed by atoms with E-state index in [1.54, 1.807) is 6.26 Å². The number of unbranched alkanes of at least 4 members (excludes halogenated alkanes) is 2. The number of likely N-dealkylation sites (N-methyl/N-ethyl adjacent to an activating group) is 1. The quantitative estimate of drug-likeness (QED) is 0.723. The predicted molar refractivity (Wildman–Crippen MR) is 72.3 cm³/mol. The Hall–Kier alpha value is -1.29. The van der Waals surface area contributed by atoms with Gasteiger partial charge in [-0.2, -0.15) is 0 Å². The summed E-state index contributed by atoms with van der Waals surface area (Å²) in [5.74, 6) is 1.01. The molecule has 1 rings (SSSR count). The standard InChI is InChI=1S/C14H24N2O2/c1-4-5-6-9-14(17)15-11-12(16(2)3)13-8-7-10-18-13/h7-8,10,12H,4-6,9,11H2,1-3H3,(H,15,17). The van der Waals surface area contributed by atoms with E-state index in [0.717, 1.165) is 25.0 Å². The third-order valence-corrected chi connectivity index (χ3v) is 2.99. The lowest BCUT2D eigenvalue weighted by molar-refractivity contribution is -0.121. The van der Waals surface area contributed by atoms with Crippen molar-refractivity contribution in [2.24, 2.45) is 0 Å². The van der Waals surface area contributed by atoms with Crippen LogP contribution in [0.5, 0.6) is 0 Å². The molecule has 4 heteroatoms. The first-order valence-corrected chi connectivity index (χ1v) is 6.61. The second-order valence-electron chi connectivity index (χ2n) is 4.76. The van der Waals surface area contributed by atoms with Crippen molar-refractivity contribution < 1.29 is 9.21 Å². The van der Waals surface area contributed by atoms with Crippen LogP contribution in [0.1, 0.15) is 44.4 Å². The molecule has 0 saturated heterocycles. The average Bonchev–Trinajstić information content (AvgIpc) is 2.83. The van der Waals surface area contributed by atoms with E-state index in [-0.39, 0.29) is 11.9 Å². The average molecular weight is 252 g/mol. The van der Waals surface area contributed by atoms with Gasteiger partial charge in [0.15, 0.2) is 0 Å². The highest BCUT2D eigenvalue weighted by atomic mass is 16.3. The minimum Gasteiger partial charge on any atom is -0.468 e. The summed E-state index contributed by atoms with van der Waals surface area (Å²) in [4.78, 5) is 13.7. The Balaban J connectivity index is 2.37. The summed E-state index contributed by atoms with van der Waals surface area (Å²) in [6, 6.07) is 3.90. The number of nitrogens with one attached hydrogen (secondary N) is 1. The van der Waals surface area contributed by atoms with E-state index in [0.29, 0.717) is 13.0 Å². The van der Waals surface area contributed by atoms with E-state index in [1.165, 1.54) is 0 Å². The van der Waals surface area contributed by atoms with E-state index >= 15 is 0 Å². The van der Waals surface area contributed by atoms with Gasteiger partial charge in [0.25, 0.3) is 0 Å². The highest BCUT2D eigenvalue weighted by Crippen LogP contribution is 2.17. The van der Waals surface area contributed by atoms with Gasteiger partial charge in [-0.25, -0.2) is 0 Å². The molecule has 0 aliphatic heterocycles. The van der Waals surface area contributed by atoms with Crippen LogP contribution in [-0.2, 0) is 4.79 Å². The number of carbonyl (C=O) groups excluding carboxylic acids is 1. The third kappa shape index (κ3) is 4.92. The number of furan rings is 1. The summed E-state index contributed by atoms with van der Waals surface area (Å²) in [7, 11) is 3.97. The fraction of sp³-hybridized carbons (Fsp3) is 0.643. The van der Waals surface area contributed by atoms with Gasteiger partial charge in [-0.15, -0.1) is 0 Å². The van der Waals surface area contributed by atoms with Crippen LogP contribution in [0.3, 0.4) is 0 Å². The second-order valence-corrected chi connectivity index (χ2v) is 4.76. The molecule has 4 nitrogen and oxygen atoms in total. The molecule has 1 aromatic heterocycles. The van der Waals surface area contributed by atoms with Gasteiger partial charge in [0.05, 0.1) is 12.3 Å². The summed E-state index contributed by atoms with van der Waals surface area (Å²) in [6.45, 7) is 2.72. The van der Waals surface area contributed by atoms with Gasteiger partial charge >= 0.3 is 0 Å². The van der Waals surface area contributed by atoms with Crippen molar-refractivity contribution in [3.63, 3.8) is 0 Å². The Morgan fingerprint density at radius 3 is 2.78 bits per heavy atom. The Labute approximate surface area is 109 Å². The molecule has 1 amide bonds. The molecule has 0 fully saturated rings. The summed E-state index contributed by atoms with van der Waals surface area (Å²) < 4.78 is 5.39. The molecule has 1 aromatic rings. The number of hydrogen-bond acceptors (Lipinski definition) is 3. The van der Waals surface area contributed by atoms with Crippen LogP contribution in [0.25, 0.3) is 0 Å². The zero-order valence-corrected chi connectivity index (χ0v) is 11.6. The molecule has 1 N–H and O–H groups in total. The normalized spacial score (nSPS) is 12.7. The highest BCUT2D eigenvalue weighted by Gasteiger charge is 2.17. The summed E-state index contributed by atoms with van der Waals surface area (Å²) in [6.07, 6.45) is 5.50. The van der Waals surface area contributed by atoms with E-state index < -0.39 is 0 Å². The maximum Gasteiger partial charge on any atom is 0.220 e. The molecule has 18 heavy (non-hydrogen) atoms. The summed E-state index contributed by atoms with van der Waals surface area (Å²) in [5.41, 5.74) is 0. The van der Waals surface area contributed by atoms with Crippen LogP contribution in [0.15, 0.2) is 22.8 Å². The topological polar surface area (TPSA) is 45.5 Å². The molecule has 0 radical (unpaired) electrons. The Bertz CT molecular complexity index is 334. The van der Waals surface area contributed by atoms with Crippen molar-refractivity contribution in [2.45, 2.75) is 38.6 Å². The molecule has 1 unspecified atom stereocenters. The van der Waals surface area contributed by atoms with Gasteiger partial charge in [0, 0.05) is 13.0 Å². The molecule has 1 heterocycles. The smallest absolute Gasteiger partial charge is 0.220 e. The zero-order valence-electron chi connectivity index (χ0n) is 11.6. The second kappa shape index (κ2) is 7.93. The first-order chi connectivity index (χ1) is 8.65. The van der Waals surface area contributed by atoms with Crippen LogP contribution < -0.4 is 5.32 Å². The number of carbonyl (C=O) groups is 1. The number of hydrogen-bond donors (Lipinski definition) is 1. The molecule has 0 aromatic carbocycles. The number of rotatable bonds is 8. The van der Waals surface area contributed by atoms with Crippen molar-refractivity contribution in [1.29, 1.82) is 0 Å². The van der Waals surface area contributed by atoms with Gasteiger partial charge in [0.1, 0.15) is 5.76 Å². The zero-order chi connectivity index (χ0) is 13.4. The van der Waals surface area contributed by atoms with E-state index in [9.17, 15) is 4.79 Å². The van der Waals surface area contributed by atoms with E-state index in [1.807, 2.05) is 31.1 Å². The van der Waals surface area contributed by atoms with Crippen LogP contribution in [-0.4, -0.2) is 31.4 Å². The lowest BCUT2D eigenvalue weighted by atomic mass is 10.2. The van der Waals surface area contributed by atoms with E-state index in [4.69, 9.17) is 4.42 Å². The van der Waals surface area contributed by atoms with Gasteiger partial charge in [-0.3, -0.25) is 9.69 Å². The predicted octanol–water partition coefficient (Wildman–Crippen LogP) is 2.58.